The summed E-state index contributed by atoms with van der Waals surface area (Å²) in [7, 11) is 0. The van der Waals surface area contributed by atoms with Crippen molar-refractivity contribution in [3.8, 4) is 0 Å². The van der Waals surface area contributed by atoms with Crippen LogP contribution in [0.1, 0.15) is 32.8 Å². The number of nitrogens with zero attached hydrogens (tertiary/aromatic N) is 1. The van der Waals surface area contributed by atoms with Gasteiger partial charge in [-0.3, -0.25) is 20.3 Å². The maximum Gasteiger partial charge on any atom is 0.408 e. The van der Waals surface area contributed by atoms with Crippen molar-refractivity contribution in [3.63, 3.8) is 0 Å². The second-order valence-corrected chi connectivity index (χ2v) is 6.94. The maximum atomic E-state index is 12.4. The molecule has 0 aliphatic carbocycles. The Labute approximate surface area is 145 Å². The minimum Gasteiger partial charge on any atom is -0.444 e. The number of hydrazine groups is 1. The fourth-order valence-electron chi connectivity index (χ4n) is 2.57. The van der Waals surface area contributed by atoms with E-state index < -0.39 is 22.2 Å². The zero-order valence-corrected chi connectivity index (χ0v) is 14.4. The first-order valence-electron chi connectivity index (χ1n) is 7.89. The van der Waals surface area contributed by atoms with E-state index in [0.29, 0.717) is 18.5 Å². The number of non-ortho nitro benzene ring substituents is 1. The lowest BCUT2D eigenvalue weighted by molar-refractivity contribution is -0.384. The molecule has 1 aliphatic heterocycles. The molecule has 25 heavy (non-hydrogen) atoms. The minimum atomic E-state index is -1.19. The number of nitro groups is 1. The summed E-state index contributed by atoms with van der Waals surface area (Å²) < 4.78 is 5.26. The molecule has 1 heterocycles. The maximum absolute atomic E-state index is 12.4. The molecule has 1 saturated heterocycles. The number of carbonyl (C=O) groups excluding carboxylic acids is 2. The van der Waals surface area contributed by atoms with Gasteiger partial charge in [0.05, 0.1) is 4.92 Å². The monoisotopic (exact) mass is 350 g/mol. The first kappa shape index (κ1) is 18.7. The van der Waals surface area contributed by atoms with Gasteiger partial charge in [-0.1, -0.05) is 12.1 Å². The SMILES string of the molecule is CC(C)(C)OC(=O)NC1(Cc2ccc([N+](=O)[O-])cc2)CCNNC1=O. The smallest absolute Gasteiger partial charge is 0.408 e. The number of carbonyl (C=O) groups is 2. The lowest BCUT2D eigenvalue weighted by atomic mass is 9.85. The molecule has 0 spiro atoms. The third kappa shape index (κ3) is 4.90. The molecule has 136 valence electrons. The fourth-order valence-corrected chi connectivity index (χ4v) is 2.57. The largest absolute Gasteiger partial charge is 0.444 e. The highest BCUT2D eigenvalue weighted by molar-refractivity contribution is 5.90. The normalized spacial score (nSPS) is 20.5. The molecule has 2 amide bonds. The third-order valence-electron chi connectivity index (χ3n) is 3.71. The van der Waals surface area contributed by atoms with Gasteiger partial charge in [-0.25, -0.2) is 10.2 Å². The average molecular weight is 350 g/mol. The number of rotatable bonds is 4. The van der Waals surface area contributed by atoms with Gasteiger partial charge in [-0.15, -0.1) is 0 Å². The number of hydrogen-bond donors (Lipinski definition) is 3. The molecule has 9 heteroatoms. The van der Waals surface area contributed by atoms with Crippen LogP contribution in [0.5, 0.6) is 0 Å². The molecule has 0 saturated carbocycles. The van der Waals surface area contributed by atoms with Gasteiger partial charge in [-0.05, 0) is 32.8 Å². The molecule has 1 aliphatic rings. The molecule has 2 rings (SSSR count). The van der Waals surface area contributed by atoms with E-state index in [9.17, 15) is 19.7 Å². The van der Waals surface area contributed by atoms with Crippen LogP contribution in [-0.2, 0) is 16.0 Å². The average Bonchev–Trinajstić information content (AvgIpc) is 2.49. The van der Waals surface area contributed by atoms with E-state index in [-0.39, 0.29) is 18.0 Å². The lowest BCUT2D eigenvalue weighted by Gasteiger charge is -2.37. The summed E-state index contributed by atoms with van der Waals surface area (Å²) in [6.07, 6.45) is -0.140. The Kier molecular flexibility index (Phi) is 5.27. The number of ether oxygens (including phenoxy) is 1. The van der Waals surface area contributed by atoms with Gasteiger partial charge in [0.1, 0.15) is 11.1 Å². The minimum absolute atomic E-state index is 0.0346. The van der Waals surface area contributed by atoms with E-state index in [2.05, 4.69) is 16.2 Å². The zero-order chi connectivity index (χ0) is 18.7. The Balaban J connectivity index is 2.22. The van der Waals surface area contributed by atoms with Crippen molar-refractivity contribution in [1.29, 1.82) is 0 Å². The van der Waals surface area contributed by atoms with Crippen molar-refractivity contribution in [2.75, 3.05) is 6.54 Å². The summed E-state index contributed by atoms with van der Waals surface area (Å²) in [5.74, 6) is -0.386. The summed E-state index contributed by atoms with van der Waals surface area (Å²) in [6, 6.07) is 5.89. The predicted octanol–water partition coefficient (Wildman–Crippen LogP) is 1.43. The van der Waals surface area contributed by atoms with Crippen LogP contribution in [0.2, 0.25) is 0 Å². The van der Waals surface area contributed by atoms with Crippen molar-refractivity contribution >= 4 is 17.7 Å². The van der Waals surface area contributed by atoms with Crippen LogP contribution in [0, 0.1) is 10.1 Å². The first-order valence-corrected chi connectivity index (χ1v) is 7.89. The van der Waals surface area contributed by atoms with Crippen molar-refractivity contribution < 1.29 is 19.2 Å². The van der Waals surface area contributed by atoms with Gasteiger partial charge < -0.3 is 10.1 Å². The van der Waals surface area contributed by atoms with Crippen LogP contribution in [0.3, 0.4) is 0 Å². The van der Waals surface area contributed by atoms with E-state index >= 15 is 0 Å². The van der Waals surface area contributed by atoms with Crippen LogP contribution in [0.4, 0.5) is 10.5 Å². The Hall–Kier alpha value is -2.68. The molecule has 0 bridgehead atoms. The van der Waals surface area contributed by atoms with Crippen molar-refractivity contribution in [1.82, 2.24) is 16.2 Å². The number of amides is 2. The van der Waals surface area contributed by atoms with Crippen LogP contribution in [0.15, 0.2) is 24.3 Å². The second-order valence-electron chi connectivity index (χ2n) is 6.94. The predicted molar refractivity (Wildman–Crippen MR) is 89.7 cm³/mol. The molecular weight excluding hydrogens is 328 g/mol. The second kappa shape index (κ2) is 7.06. The summed E-state index contributed by atoms with van der Waals surface area (Å²) in [6.45, 7) is 5.67. The van der Waals surface area contributed by atoms with Gasteiger partial charge in [-0.2, -0.15) is 0 Å². The Morgan fingerprint density at radius 2 is 2.00 bits per heavy atom. The van der Waals surface area contributed by atoms with Gasteiger partial charge in [0.15, 0.2) is 0 Å². The molecular formula is C16H22N4O5. The topological polar surface area (TPSA) is 123 Å². The molecule has 1 aromatic carbocycles. The Morgan fingerprint density at radius 3 is 2.52 bits per heavy atom. The Bertz CT molecular complexity index is 668. The number of benzene rings is 1. The summed E-state index contributed by atoms with van der Waals surface area (Å²) in [5.41, 5.74) is 4.04. The van der Waals surface area contributed by atoms with E-state index in [1.807, 2.05) is 0 Å². The molecule has 1 aromatic rings. The highest BCUT2D eigenvalue weighted by atomic mass is 16.6. The van der Waals surface area contributed by atoms with Crippen molar-refractivity contribution in [2.24, 2.45) is 0 Å². The number of nitro benzene ring substituents is 1. The van der Waals surface area contributed by atoms with Crippen LogP contribution in [0.25, 0.3) is 0 Å². The lowest BCUT2D eigenvalue weighted by Crippen LogP contribution is -2.67. The quantitative estimate of drug-likeness (QED) is 0.557. The molecule has 1 atom stereocenters. The van der Waals surface area contributed by atoms with Gasteiger partial charge in [0, 0.05) is 25.1 Å². The van der Waals surface area contributed by atoms with E-state index in [0.717, 1.165) is 0 Å². The van der Waals surface area contributed by atoms with Crippen LogP contribution < -0.4 is 16.2 Å². The van der Waals surface area contributed by atoms with Crippen molar-refractivity contribution in [3.05, 3.63) is 39.9 Å². The molecule has 9 nitrogen and oxygen atoms in total. The van der Waals surface area contributed by atoms with E-state index in [1.165, 1.54) is 12.1 Å². The number of hydrogen-bond acceptors (Lipinski definition) is 6. The highest BCUT2D eigenvalue weighted by Gasteiger charge is 2.43. The van der Waals surface area contributed by atoms with Gasteiger partial charge in [0.25, 0.3) is 11.6 Å². The Morgan fingerprint density at radius 1 is 1.36 bits per heavy atom. The fraction of sp³-hybridized carbons (Fsp3) is 0.500. The first-order chi connectivity index (χ1) is 11.6. The van der Waals surface area contributed by atoms with Gasteiger partial charge in [0.2, 0.25) is 0 Å². The van der Waals surface area contributed by atoms with Crippen molar-refractivity contribution in [2.45, 2.75) is 44.8 Å². The van der Waals surface area contributed by atoms with Gasteiger partial charge >= 0.3 is 6.09 Å². The van der Waals surface area contributed by atoms with Crippen LogP contribution in [-0.4, -0.2) is 34.6 Å². The summed E-state index contributed by atoms with van der Waals surface area (Å²) in [5, 5.41) is 13.4. The van der Waals surface area contributed by atoms with E-state index in [1.54, 1.807) is 32.9 Å². The molecule has 1 fully saturated rings. The summed E-state index contributed by atoms with van der Waals surface area (Å²) >= 11 is 0. The number of nitrogens with one attached hydrogen (secondary N) is 3. The molecule has 0 radical (unpaired) electrons. The van der Waals surface area contributed by atoms with E-state index in [4.69, 9.17) is 4.74 Å². The molecule has 0 aromatic heterocycles. The molecule has 1 unspecified atom stereocenters. The standard InChI is InChI=1S/C16H22N4O5/c1-15(2,3)25-14(22)18-16(8-9-17-19-13(16)21)10-11-4-6-12(7-5-11)20(23)24/h4-7,17H,8-10H2,1-3H3,(H,18,22)(H,19,21). The highest BCUT2D eigenvalue weighted by Crippen LogP contribution is 2.22. The summed E-state index contributed by atoms with van der Waals surface area (Å²) in [4.78, 5) is 34.9. The zero-order valence-electron chi connectivity index (χ0n) is 14.4. The van der Waals surface area contributed by atoms with Crippen LogP contribution >= 0.6 is 0 Å². The molecule has 3 N–H and O–H groups in total. The third-order valence-corrected chi connectivity index (χ3v) is 3.71. The number of alkyl carbamates (subject to hydrolysis) is 1.